The van der Waals surface area contributed by atoms with Crippen molar-refractivity contribution in [2.75, 3.05) is 26.7 Å². The van der Waals surface area contributed by atoms with E-state index in [9.17, 15) is 0 Å². The first-order valence-corrected chi connectivity index (χ1v) is 5.29. The lowest BCUT2D eigenvalue weighted by atomic mass is 10.3. The molecular weight excluding hydrogens is 164 g/mol. The molecule has 1 aliphatic rings. The maximum absolute atomic E-state index is 8.99. The minimum absolute atomic E-state index is 0.221. The Morgan fingerprint density at radius 1 is 1.54 bits per heavy atom. The Hall–Kier alpha value is -0.120. The van der Waals surface area contributed by atoms with Gasteiger partial charge in [0, 0.05) is 12.6 Å². The van der Waals surface area contributed by atoms with E-state index < -0.39 is 0 Å². The van der Waals surface area contributed by atoms with Crippen molar-refractivity contribution < 1.29 is 5.11 Å². The molecule has 1 aliphatic carbocycles. The van der Waals surface area contributed by atoms with Crippen molar-refractivity contribution in [3.63, 3.8) is 0 Å². The quantitative estimate of drug-likeness (QED) is 0.566. The fraction of sp³-hybridized carbons (Fsp3) is 1.00. The van der Waals surface area contributed by atoms with E-state index in [-0.39, 0.29) is 6.10 Å². The molecule has 1 fully saturated rings. The number of rotatable bonds is 7. The highest BCUT2D eigenvalue weighted by Gasteiger charge is 2.25. The van der Waals surface area contributed by atoms with Crippen molar-refractivity contribution in [1.29, 1.82) is 0 Å². The molecule has 3 nitrogen and oxygen atoms in total. The molecule has 13 heavy (non-hydrogen) atoms. The summed E-state index contributed by atoms with van der Waals surface area (Å²) in [5.41, 5.74) is 0. The van der Waals surface area contributed by atoms with Gasteiger partial charge in [-0.1, -0.05) is 0 Å². The molecule has 0 radical (unpaired) electrons. The van der Waals surface area contributed by atoms with E-state index in [1.165, 1.54) is 25.8 Å². The molecule has 1 rings (SSSR count). The van der Waals surface area contributed by atoms with E-state index in [4.69, 9.17) is 5.11 Å². The highest BCUT2D eigenvalue weighted by Crippen LogP contribution is 2.24. The van der Waals surface area contributed by atoms with Gasteiger partial charge >= 0.3 is 0 Å². The summed E-state index contributed by atoms with van der Waals surface area (Å²) in [4.78, 5) is 2.43. The Kier molecular flexibility index (Phi) is 4.70. The monoisotopic (exact) mass is 186 g/mol. The lowest BCUT2D eigenvalue weighted by molar-refractivity contribution is 0.190. The third-order valence-electron chi connectivity index (χ3n) is 2.47. The first kappa shape index (κ1) is 11.0. The van der Waals surface area contributed by atoms with Crippen molar-refractivity contribution in [2.24, 2.45) is 0 Å². The molecule has 1 saturated carbocycles. The van der Waals surface area contributed by atoms with E-state index in [2.05, 4.69) is 17.3 Å². The van der Waals surface area contributed by atoms with Crippen LogP contribution < -0.4 is 5.32 Å². The molecule has 0 spiro atoms. The zero-order valence-corrected chi connectivity index (χ0v) is 8.79. The van der Waals surface area contributed by atoms with Crippen LogP contribution in [0.4, 0.5) is 0 Å². The lowest BCUT2D eigenvalue weighted by Gasteiger charge is -2.15. The van der Waals surface area contributed by atoms with Crippen LogP contribution >= 0.6 is 0 Å². The summed E-state index contributed by atoms with van der Waals surface area (Å²) in [5.74, 6) is 0. The van der Waals surface area contributed by atoms with E-state index in [0.717, 1.165) is 12.6 Å². The molecule has 0 saturated heterocycles. The maximum atomic E-state index is 8.99. The summed E-state index contributed by atoms with van der Waals surface area (Å²) in [6, 6.07) is 0.872. The van der Waals surface area contributed by atoms with Crippen molar-refractivity contribution in [3.05, 3.63) is 0 Å². The Balaban J connectivity index is 1.83. The Bertz CT molecular complexity index is 135. The molecular formula is C10H22N2O. The average molecular weight is 186 g/mol. The summed E-state index contributed by atoms with van der Waals surface area (Å²) in [6.45, 7) is 4.72. The molecule has 0 aromatic carbocycles. The number of hydrogen-bond acceptors (Lipinski definition) is 3. The predicted molar refractivity (Wildman–Crippen MR) is 54.8 cm³/mol. The lowest BCUT2D eigenvalue weighted by Crippen LogP contribution is -2.29. The van der Waals surface area contributed by atoms with Gasteiger partial charge in [-0.25, -0.2) is 0 Å². The van der Waals surface area contributed by atoms with E-state index in [1.807, 2.05) is 6.92 Å². The van der Waals surface area contributed by atoms with Gasteiger partial charge in [0.25, 0.3) is 0 Å². The van der Waals surface area contributed by atoms with E-state index in [1.54, 1.807) is 0 Å². The largest absolute Gasteiger partial charge is 0.392 e. The molecule has 0 aliphatic heterocycles. The number of hydrogen-bond donors (Lipinski definition) is 2. The first-order chi connectivity index (χ1) is 6.20. The molecule has 78 valence electrons. The standard InChI is InChI=1S/C10H22N2O/c1-9(13)8-11-6-3-7-12(2)10-4-5-10/h9-11,13H,3-8H2,1-2H3. The molecule has 1 atom stereocenters. The van der Waals surface area contributed by atoms with Gasteiger partial charge in [0.05, 0.1) is 6.10 Å². The van der Waals surface area contributed by atoms with Gasteiger partial charge in [-0.15, -0.1) is 0 Å². The van der Waals surface area contributed by atoms with Gasteiger partial charge in [-0.05, 0) is 46.3 Å². The molecule has 0 heterocycles. The minimum Gasteiger partial charge on any atom is -0.392 e. The third kappa shape index (κ3) is 5.24. The van der Waals surface area contributed by atoms with E-state index >= 15 is 0 Å². The number of aliphatic hydroxyl groups excluding tert-OH is 1. The van der Waals surface area contributed by atoms with Gasteiger partial charge in [0.1, 0.15) is 0 Å². The van der Waals surface area contributed by atoms with Gasteiger partial charge in [0.2, 0.25) is 0 Å². The molecule has 0 amide bonds. The van der Waals surface area contributed by atoms with E-state index in [0.29, 0.717) is 6.54 Å². The van der Waals surface area contributed by atoms with Gasteiger partial charge in [-0.3, -0.25) is 0 Å². The normalized spacial score (nSPS) is 19.4. The second kappa shape index (κ2) is 5.58. The van der Waals surface area contributed by atoms with Crippen LogP contribution in [0.2, 0.25) is 0 Å². The predicted octanol–water partition coefficient (Wildman–Crippen LogP) is 0.441. The Morgan fingerprint density at radius 3 is 2.77 bits per heavy atom. The van der Waals surface area contributed by atoms with Gasteiger partial charge < -0.3 is 15.3 Å². The Morgan fingerprint density at radius 2 is 2.23 bits per heavy atom. The molecule has 0 bridgehead atoms. The fourth-order valence-corrected chi connectivity index (χ4v) is 1.46. The van der Waals surface area contributed by atoms with Gasteiger partial charge in [0.15, 0.2) is 0 Å². The molecule has 0 aromatic heterocycles. The summed E-state index contributed by atoms with van der Waals surface area (Å²) < 4.78 is 0. The topological polar surface area (TPSA) is 35.5 Å². The van der Waals surface area contributed by atoms with Crippen LogP contribution in [-0.4, -0.2) is 48.8 Å². The number of nitrogens with zero attached hydrogens (tertiary/aromatic N) is 1. The Labute approximate surface area is 81.1 Å². The molecule has 3 heteroatoms. The SMILES string of the molecule is CC(O)CNCCCN(C)C1CC1. The summed E-state index contributed by atoms with van der Waals surface area (Å²) >= 11 is 0. The smallest absolute Gasteiger partial charge is 0.0636 e. The fourth-order valence-electron chi connectivity index (χ4n) is 1.46. The summed E-state index contributed by atoms with van der Waals surface area (Å²) in [5, 5.41) is 12.2. The summed E-state index contributed by atoms with van der Waals surface area (Å²) in [7, 11) is 2.20. The van der Waals surface area contributed by atoms with Crippen LogP contribution in [0.5, 0.6) is 0 Å². The highest BCUT2D eigenvalue weighted by atomic mass is 16.3. The summed E-state index contributed by atoms with van der Waals surface area (Å²) in [6.07, 6.45) is 3.73. The maximum Gasteiger partial charge on any atom is 0.0636 e. The molecule has 2 N–H and O–H groups in total. The van der Waals surface area contributed by atoms with Crippen LogP contribution in [0.25, 0.3) is 0 Å². The van der Waals surface area contributed by atoms with Crippen molar-refractivity contribution in [1.82, 2.24) is 10.2 Å². The van der Waals surface area contributed by atoms with Gasteiger partial charge in [-0.2, -0.15) is 0 Å². The van der Waals surface area contributed by atoms with Crippen LogP contribution in [-0.2, 0) is 0 Å². The second-order valence-electron chi connectivity index (χ2n) is 4.12. The third-order valence-corrected chi connectivity index (χ3v) is 2.47. The minimum atomic E-state index is -0.221. The zero-order chi connectivity index (χ0) is 9.68. The number of aliphatic hydroxyl groups is 1. The highest BCUT2D eigenvalue weighted by molar-refractivity contribution is 4.82. The van der Waals surface area contributed by atoms with Crippen LogP contribution in [0.3, 0.4) is 0 Å². The van der Waals surface area contributed by atoms with Crippen molar-refractivity contribution >= 4 is 0 Å². The van der Waals surface area contributed by atoms with Crippen molar-refractivity contribution in [3.8, 4) is 0 Å². The average Bonchev–Trinajstić information content (AvgIpc) is 2.85. The number of nitrogens with one attached hydrogen (secondary N) is 1. The molecule has 0 aromatic rings. The zero-order valence-electron chi connectivity index (χ0n) is 8.79. The van der Waals surface area contributed by atoms with Crippen LogP contribution in [0.15, 0.2) is 0 Å². The first-order valence-electron chi connectivity index (χ1n) is 5.29. The molecule has 1 unspecified atom stereocenters. The second-order valence-corrected chi connectivity index (χ2v) is 4.12. The van der Waals surface area contributed by atoms with Crippen LogP contribution in [0, 0.1) is 0 Å². The van der Waals surface area contributed by atoms with Crippen LogP contribution in [0.1, 0.15) is 26.2 Å². The van der Waals surface area contributed by atoms with Crippen molar-refractivity contribution in [2.45, 2.75) is 38.3 Å².